The number of carbonyl (C=O) groups is 2. The third-order valence-electron chi connectivity index (χ3n) is 4.07. The average molecular weight is 390 g/mol. The lowest BCUT2D eigenvalue weighted by atomic mass is 10.2. The third kappa shape index (κ3) is 5.55. The van der Waals surface area contributed by atoms with Crippen molar-refractivity contribution in [2.75, 3.05) is 17.2 Å². The van der Waals surface area contributed by atoms with Gasteiger partial charge in [0.05, 0.1) is 12.1 Å². The molecule has 0 saturated heterocycles. The van der Waals surface area contributed by atoms with E-state index in [0.717, 1.165) is 5.56 Å². The number of urea groups is 1. The Hall–Kier alpha value is -3.87. The van der Waals surface area contributed by atoms with Crippen LogP contribution < -0.4 is 16.0 Å². The minimum atomic E-state index is -0.322. The highest BCUT2D eigenvalue weighted by atomic mass is 16.4. The Kier molecular flexibility index (Phi) is 6.42. The van der Waals surface area contributed by atoms with Gasteiger partial charge >= 0.3 is 6.03 Å². The number of rotatable bonds is 7. The van der Waals surface area contributed by atoms with Crippen LogP contribution in [0.25, 0.3) is 11.5 Å². The fourth-order valence-electron chi connectivity index (χ4n) is 2.63. The second kappa shape index (κ2) is 9.36. The first-order valence-electron chi connectivity index (χ1n) is 9.12. The van der Waals surface area contributed by atoms with E-state index in [2.05, 4.69) is 27.5 Å². The second-order valence-corrected chi connectivity index (χ2v) is 6.31. The maximum absolute atomic E-state index is 12.4. The number of nitrogens with zero attached hydrogens (tertiary/aromatic N) is 1. The summed E-state index contributed by atoms with van der Waals surface area (Å²) < 4.78 is 5.69. The molecular weight excluding hydrogens is 368 g/mol. The lowest BCUT2D eigenvalue weighted by Crippen LogP contribution is -2.28. The van der Waals surface area contributed by atoms with E-state index in [1.54, 1.807) is 37.3 Å². The van der Waals surface area contributed by atoms with Gasteiger partial charge in [-0.15, -0.1) is 6.58 Å². The topological polar surface area (TPSA) is 96.3 Å². The zero-order valence-electron chi connectivity index (χ0n) is 16.1. The number of carbonyl (C=O) groups excluding carboxylic acids is 2. The van der Waals surface area contributed by atoms with E-state index in [9.17, 15) is 9.59 Å². The molecule has 2 aromatic carbocycles. The first-order chi connectivity index (χ1) is 14.0. The van der Waals surface area contributed by atoms with Crippen LogP contribution in [0.4, 0.5) is 16.2 Å². The summed E-state index contributed by atoms with van der Waals surface area (Å²) in [6.45, 7) is 5.71. The highest BCUT2D eigenvalue weighted by molar-refractivity contribution is 5.93. The van der Waals surface area contributed by atoms with E-state index in [1.165, 1.54) is 0 Å². The number of amides is 3. The third-order valence-corrected chi connectivity index (χ3v) is 4.07. The lowest BCUT2D eigenvalue weighted by Gasteiger charge is -2.08. The predicted molar refractivity (Wildman–Crippen MR) is 113 cm³/mol. The Morgan fingerprint density at radius 2 is 1.69 bits per heavy atom. The van der Waals surface area contributed by atoms with Crippen LogP contribution in [0, 0.1) is 6.92 Å². The number of nitrogens with one attached hydrogen (secondary N) is 3. The highest BCUT2D eigenvalue weighted by Gasteiger charge is 2.14. The maximum atomic E-state index is 12.4. The Morgan fingerprint density at radius 1 is 1.03 bits per heavy atom. The first-order valence-corrected chi connectivity index (χ1v) is 9.12. The average Bonchev–Trinajstić information content (AvgIpc) is 3.09. The minimum absolute atomic E-state index is 0.103. The molecule has 3 rings (SSSR count). The molecule has 3 amide bonds. The molecule has 1 heterocycles. The summed E-state index contributed by atoms with van der Waals surface area (Å²) in [5, 5.41) is 8.13. The van der Waals surface area contributed by atoms with Crippen LogP contribution in [0.15, 0.2) is 71.7 Å². The summed E-state index contributed by atoms with van der Waals surface area (Å²) in [6.07, 6.45) is 1.70. The largest absolute Gasteiger partial charge is 0.441 e. The molecule has 0 spiro atoms. The van der Waals surface area contributed by atoms with Crippen molar-refractivity contribution in [3.8, 4) is 11.5 Å². The number of oxazole rings is 1. The number of hydrogen-bond acceptors (Lipinski definition) is 4. The summed E-state index contributed by atoms with van der Waals surface area (Å²) in [7, 11) is 0. The Bertz CT molecular complexity index is 995. The summed E-state index contributed by atoms with van der Waals surface area (Å²) in [5.74, 6) is 0.908. The summed E-state index contributed by atoms with van der Waals surface area (Å²) in [6, 6.07) is 16.1. The number of hydrogen-bond donors (Lipinski definition) is 3. The molecule has 3 aromatic rings. The monoisotopic (exact) mass is 390 g/mol. The molecule has 0 aliphatic carbocycles. The number of aryl methyl sites for hydroxylation is 1. The van der Waals surface area contributed by atoms with Crippen molar-refractivity contribution in [3.63, 3.8) is 0 Å². The van der Waals surface area contributed by atoms with E-state index in [0.29, 0.717) is 35.3 Å². The Balaban J connectivity index is 1.58. The van der Waals surface area contributed by atoms with Gasteiger partial charge in [-0.3, -0.25) is 4.79 Å². The molecule has 148 valence electrons. The molecule has 0 aliphatic heterocycles. The minimum Gasteiger partial charge on any atom is -0.441 e. The molecule has 29 heavy (non-hydrogen) atoms. The van der Waals surface area contributed by atoms with Crippen molar-refractivity contribution >= 4 is 23.3 Å². The number of aromatic nitrogens is 1. The van der Waals surface area contributed by atoms with Gasteiger partial charge in [0, 0.05) is 23.5 Å². The molecule has 7 heteroatoms. The van der Waals surface area contributed by atoms with Gasteiger partial charge in [0.2, 0.25) is 11.8 Å². The van der Waals surface area contributed by atoms with Gasteiger partial charge in [0.15, 0.2) is 0 Å². The number of benzene rings is 2. The van der Waals surface area contributed by atoms with Crippen molar-refractivity contribution in [2.24, 2.45) is 0 Å². The quantitative estimate of drug-likeness (QED) is 0.528. The first kappa shape index (κ1) is 19.9. The van der Waals surface area contributed by atoms with Gasteiger partial charge in [0.25, 0.3) is 0 Å². The fraction of sp³-hybridized carbons (Fsp3) is 0.136. The summed E-state index contributed by atoms with van der Waals surface area (Å²) >= 11 is 0. The normalized spacial score (nSPS) is 10.2. The van der Waals surface area contributed by atoms with Crippen molar-refractivity contribution in [2.45, 2.75) is 13.3 Å². The molecule has 0 bridgehead atoms. The molecule has 0 unspecified atom stereocenters. The predicted octanol–water partition coefficient (Wildman–Crippen LogP) is 4.14. The molecule has 3 N–H and O–H groups in total. The van der Waals surface area contributed by atoms with Crippen molar-refractivity contribution in [1.29, 1.82) is 0 Å². The van der Waals surface area contributed by atoms with Gasteiger partial charge in [0.1, 0.15) is 5.76 Å². The van der Waals surface area contributed by atoms with Crippen molar-refractivity contribution in [3.05, 3.63) is 78.7 Å². The van der Waals surface area contributed by atoms with E-state index in [-0.39, 0.29) is 18.4 Å². The van der Waals surface area contributed by atoms with Gasteiger partial charge in [-0.2, -0.15) is 0 Å². The molecule has 1 aromatic heterocycles. The molecule has 7 nitrogen and oxygen atoms in total. The van der Waals surface area contributed by atoms with Crippen LogP contribution in [0.5, 0.6) is 0 Å². The van der Waals surface area contributed by atoms with Crippen LogP contribution >= 0.6 is 0 Å². The van der Waals surface area contributed by atoms with Crippen LogP contribution in [0.1, 0.15) is 11.5 Å². The van der Waals surface area contributed by atoms with Gasteiger partial charge < -0.3 is 20.4 Å². The molecule has 0 atom stereocenters. The smallest absolute Gasteiger partial charge is 0.319 e. The van der Waals surface area contributed by atoms with Gasteiger partial charge in [-0.1, -0.05) is 24.3 Å². The number of anilines is 2. The Morgan fingerprint density at radius 3 is 2.34 bits per heavy atom. The van der Waals surface area contributed by atoms with E-state index < -0.39 is 0 Å². The molecule has 0 saturated carbocycles. The summed E-state index contributed by atoms with van der Waals surface area (Å²) in [5.41, 5.74) is 2.70. The van der Waals surface area contributed by atoms with E-state index in [1.807, 2.05) is 30.3 Å². The van der Waals surface area contributed by atoms with E-state index >= 15 is 0 Å². The lowest BCUT2D eigenvalue weighted by molar-refractivity contribution is -0.115. The fourth-order valence-corrected chi connectivity index (χ4v) is 2.63. The zero-order chi connectivity index (χ0) is 20.6. The zero-order valence-corrected chi connectivity index (χ0v) is 16.1. The molecule has 0 radical (unpaired) electrons. The summed E-state index contributed by atoms with van der Waals surface area (Å²) in [4.78, 5) is 28.4. The highest BCUT2D eigenvalue weighted by Crippen LogP contribution is 2.22. The molecular formula is C22H22N4O3. The molecule has 0 aliphatic rings. The van der Waals surface area contributed by atoms with Crippen LogP contribution in [-0.4, -0.2) is 23.5 Å². The van der Waals surface area contributed by atoms with Crippen LogP contribution in [0.3, 0.4) is 0 Å². The van der Waals surface area contributed by atoms with Crippen LogP contribution in [-0.2, 0) is 11.2 Å². The van der Waals surface area contributed by atoms with Gasteiger partial charge in [-0.25, -0.2) is 9.78 Å². The van der Waals surface area contributed by atoms with Crippen molar-refractivity contribution < 1.29 is 14.0 Å². The second-order valence-electron chi connectivity index (χ2n) is 6.31. The van der Waals surface area contributed by atoms with Crippen molar-refractivity contribution in [1.82, 2.24) is 10.3 Å². The van der Waals surface area contributed by atoms with E-state index in [4.69, 9.17) is 4.42 Å². The maximum Gasteiger partial charge on any atom is 0.319 e. The SMILES string of the molecule is C=CCNC(=O)Nc1ccc(NC(=O)Cc2nc(-c3ccccc3)oc2C)cc1. The standard InChI is InChI=1S/C22H22N4O3/c1-3-13-23-22(28)25-18-11-9-17(10-12-18)24-20(27)14-19-15(2)29-21(26-19)16-7-5-4-6-8-16/h3-12H,1,13-14H2,2H3,(H,24,27)(H2,23,25,28). The van der Waals surface area contributed by atoms with Crippen LogP contribution in [0.2, 0.25) is 0 Å². The molecule has 0 fully saturated rings. The van der Waals surface area contributed by atoms with Gasteiger partial charge in [-0.05, 0) is 43.3 Å². The Labute approximate surface area is 168 Å².